The molecular weight excluding hydrogens is 396 g/mol. The monoisotopic (exact) mass is 428 g/mol. The molecule has 3 heterocycles. The molecule has 3 aliphatic heterocycles. The summed E-state index contributed by atoms with van der Waals surface area (Å²) in [5.41, 5.74) is -0.192. The first-order valence-corrected chi connectivity index (χ1v) is 11.3. The molecule has 0 bridgehead atoms. The minimum atomic E-state index is -0.774. The summed E-state index contributed by atoms with van der Waals surface area (Å²) in [6, 6.07) is 6.44. The zero-order chi connectivity index (χ0) is 22.0. The Morgan fingerprint density at radius 3 is 2.52 bits per heavy atom. The SMILES string of the molecule is CCCN1CCC2(CC1)NC(=O)N(C1CCCN(C(=O)c3ccc(OC)cc3)C1)C2=O. The number of carbonyl (C=O) groups is 3. The first-order valence-electron chi connectivity index (χ1n) is 11.3. The maximum Gasteiger partial charge on any atom is 0.325 e. The Hall–Kier alpha value is -2.61. The number of carbonyl (C=O) groups excluding carboxylic acids is 3. The van der Waals surface area contributed by atoms with Crippen molar-refractivity contribution >= 4 is 17.8 Å². The summed E-state index contributed by atoms with van der Waals surface area (Å²) in [6.45, 7) is 5.81. The highest BCUT2D eigenvalue weighted by Gasteiger charge is 2.54. The average molecular weight is 429 g/mol. The van der Waals surface area contributed by atoms with Crippen molar-refractivity contribution in [3.8, 4) is 5.75 Å². The van der Waals surface area contributed by atoms with E-state index in [9.17, 15) is 14.4 Å². The van der Waals surface area contributed by atoms with E-state index in [4.69, 9.17) is 4.74 Å². The van der Waals surface area contributed by atoms with E-state index in [0.717, 1.165) is 38.9 Å². The Bertz CT molecular complexity index is 832. The highest BCUT2D eigenvalue weighted by atomic mass is 16.5. The third-order valence-corrected chi connectivity index (χ3v) is 6.83. The van der Waals surface area contributed by atoms with Crippen LogP contribution in [0.5, 0.6) is 5.75 Å². The predicted molar refractivity (Wildman–Crippen MR) is 116 cm³/mol. The van der Waals surface area contributed by atoms with Crippen molar-refractivity contribution in [3.05, 3.63) is 29.8 Å². The largest absolute Gasteiger partial charge is 0.497 e. The molecule has 1 N–H and O–H groups in total. The second-order valence-electron chi connectivity index (χ2n) is 8.80. The molecule has 0 radical (unpaired) electrons. The number of rotatable bonds is 5. The molecule has 4 amide bonds. The van der Waals surface area contributed by atoms with Crippen LogP contribution in [0.4, 0.5) is 4.79 Å². The summed E-state index contributed by atoms with van der Waals surface area (Å²) in [5, 5.41) is 3.01. The van der Waals surface area contributed by atoms with Gasteiger partial charge in [0.15, 0.2) is 0 Å². The van der Waals surface area contributed by atoms with Gasteiger partial charge in [0, 0.05) is 31.7 Å². The smallest absolute Gasteiger partial charge is 0.325 e. The molecule has 1 aromatic carbocycles. The molecule has 3 aliphatic rings. The maximum atomic E-state index is 13.4. The lowest BCUT2D eigenvalue weighted by molar-refractivity contribution is -0.135. The van der Waals surface area contributed by atoms with Crippen LogP contribution in [0.1, 0.15) is 49.4 Å². The fraction of sp³-hybridized carbons (Fsp3) is 0.609. The van der Waals surface area contributed by atoms with E-state index >= 15 is 0 Å². The van der Waals surface area contributed by atoms with Crippen molar-refractivity contribution in [1.82, 2.24) is 20.0 Å². The van der Waals surface area contributed by atoms with E-state index < -0.39 is 5.54 Å². The molecule has 168 valence electrons. The summed E-state index contributed by atoms with van der Waals surface area (Å²) in [4.78, 5) is 44.7. The van der Waals surface area contributed by atoms with Crippen LogP contribution in [0.15, 0.2) is 24.3 Å². The van der Waals surface area contributed by atoms with Crippen LogP contribution in [0.3, 0.4) is 0 Å². The van der Waals surface area contributed by atoms with Crippen LogP contribution in [0.2, 0.25) is 0 Å². The molecular formula is C23H32N4O4. The zero-order valence-electron chi connectivity index (χ0n) is 18.4. The topological polar surface area (TPSA) is 82.2 Å². The van der Waals surface area contributed by atoms with E-state index in [1.165, 1.54) is 4.90 Å². The van der Waals surface area contributed by atoms with Crippen LogP contribution >= 0.6 is 0 Å². The number of urea groups is 1. The van der Waals surface area contributed by atoms with Crippen LogP contribution in [-0.2, 0) is 4.79 Å². The predicted octanol–water partition coefficient (Wildman–Crippen LogP) is 2.10. The standard InChI is InChI=1S/C23H32N4O4/c1-3-12-25-14-10-23(11-15-25)21(29)27(22(30)24-23)18-5-4-13-26(16-18)20(28)17-6-8-19(31-2)9-7-17/h6-9,18H,3-5,10-16H2,1-2H3,(H,24,30). The number of likely N-dealkylation sites (tertiary alicyclic amines) is 2. The molecule has 0 aliphatic carbocycles. The van der Waals surface area contributed by atoms with Crippen molar-refractivity contribution in [1.29, 1.82) is 0 Å². The van der Waals surface area contributed by atoms with Gasteiger partial charge in [-0.2, -0.15) is 0 Å². The minimum Gasteiger partial charge on any atom is -0.497 e. The molecule has 1 atom stereocenters. The van der Waals surface area contributed by atoms with Gasteiger partial charge in [0.25, 0.3) is 11.8 Å². The third-order valence-electron chi connectivity index (χ3n) is 6.83. The normalized spacial score (nSPS) is 23.9. The van der Waals surface area contributed by atoms with Gasteiger partial charge in [-0.1, -0.05) is 6.92 Å². The molecule has 0 saturated carbocycles. The molecule has 1 aromatic rings. The van der Waals surface area contributed by atoms with Gasteiger partial charge < -0.3 is 19.9 Å². The summed E-state index contributed by atoms with van der Waals surface area (Å²) in [6.07, 6.45) is 3.87. The molecule has 8 heteroatoms. The molecule has 3 fully saturated rings. The van der Waals surface area contributed by atoms with E-state index in [0.29, 0.717) is 37.2 Å². The molecule has 3 saturated heterocycles. The lowest BCUT2D eigenvalue weighted by Crippen LogP contribution is -2.56. The number of methoxy groups -OCH3 is 1. The van der Waals surface area contributed by atoms with Crippen LogP contribution in [-0.4, -0.2) is 84.0 Å². The number of imide groups is 1. The molecule has 1 spiro atoms. The van der Waals surface area contributed by atoms with Gasteiger partial charge in [0.05, 0.1) is 13.2 Å². The lowest BCUT2D eigenvalue weighted by atomic mass is 9.87. The molecule has 1 unspecified atom stereocenters. The summed E-state index contributed by atoms with van der Waals surface area (Å²) in [7, 11) is 1.59. The highest BCUT2D eigenvalue weighted by molar-refractivity contribution is 6.07. The van der Waals surface area contributed by atoms with Crippen LogP contribution in [0.25, 0.3) is 0 Å². The van der Waals surface area contributed by atoms with Gasteiger partial charge in [-0.05, 0) is 62.9 Å². The quantitative estimate of drug-likeness (QED) is 0.727. The highest BCUT2D eigenvalue weighted by Crippen LogP contribution is 2.32. The summed E-state index contributed by atoms with van der Waals surface area (Å²) in [5.74, 6) is 0.502. The Labute approximate surface area is 183 Å². The number of hydrogen-bond donors (Lipinski definition) is 1. The number of piperidine rings is 2. The second-order valence-corrected chi connectivity index (χ2v) is 8.80. The molecule has 4 rings (SSSR count). The number of nitrogens with zero attached hydrogens (tertiary/aromatic N) is 3. The minimum absolute atomic E-state index is 0.0815. The van der Waals surface area contributed by atoms with Crippen LogP contribution < -0.4 is 10.1 Å². The lowest BCUT2D eigenvalue weighted by Gasteiger charge is -2.39. The van der Waals surface area contributed by atoms with Gasteiger partial charge in [-0.15, -0.1) is 0 Å². The van der Waals surface area contributed by atoms with Crippen LogP contribution in [0, 0.1) is 0 Å². The maximum absolute atomic E-state index is 13.4. The number of hydrogen-bond acceptors (Lipinski definition) is 5. The van der Waals surface area contributed by atoms with Crippen molar-refractivity contribution < 1.29 is 19.1 Å². The first-order chi connectivity index (χ1) is 15.0. The Balaban J connectivity index is 1.43. The number of benzene rings is 1. The van der Waals surface area contributed by atoms with Gasteiger partial charge in [-0.25, -0.2) is 4.79 Å². The molecule has 31 heavy (non-hydrogen) atoms. The third kappa shape index (κ3) is 4.13. The van der Waals surface area contributed by atoms with Crippen molar-refractivity contribution in [3.63, 3.8) is 0 Å². The molecule has 0 aromatic heterocycles. The van der Waals surface area contributed by atoms with E-state index in [1.54, 1.807) is 36.3 Å². The number of ether oxygens (including phenoxy) is 1. The average Bonchev–Trinajstić information content (AvgIpc) is 3.04. The van der Waals surface area contributed by atoms with E-state index in [-0.39, 0.29) is 23.9 Å². The Morgan fingerprint density at radius 2 is 1.87 bits per heavy atom. The number of amides is 4. The van der Waals surface area contributed by atoms with Crippen molar-refractivity contribution in [2.24, 2.45) is 0 Å². The first kappa shape index (κ1) is 21.6. The number of nitrogens with one attached hydrogen (secondary N) is 1. The fourth-order valence-electron chi connectivity index (χ4n) is 5.05. The fourth-order valence-corrected chi connectivity index (χ4v) is 5.05. The molecule has 8 nitrogen and oxygen atoms in total. The van der Waals surface area contributed by atoms with Gasteiger partial charge in [-0.3, -0.25) is 14.5 Å². The van der Waals surface area contributed by atoms with E-state index in [1.807, 2.05) is 0 Å². The van der Waals surface area contributed by atoms with Crippen molar-refractivity contribution in [2.75, 3.05) is 39.8 Å². The van der Waals surface area contributed by atoms with Gasteiger partial charge >= 0.3 is 6.03 Å². The summed E-state index contributed by atoms with van der Waals surface area (Å²) >= 11 is 0. The van der Waals surface area contributed by atoms with Crippen molar-refractivity contribution in [2.45, 2.75) is 50.6 Å². The van der Waals surface area contributed by atoms with Gasteiger partial charge in [0.2, 0.25) is 0 Å². The van der Waals surface area contributed by atoms with Gasteiger partial charge in [0.1, 0.15) is 11.3 Å². The Kier molecular flexibility index (Phi) is 6.18. The summed E-state index contributed by atoms with van der Waals surface area (Å²) < 4.78 is 5.16. The van der Waals surface area contributed by atoms with E-state index in [2.05, 4.69) is 17.1 Å². The Morgan fingerprint density at radius 1 is 1.16 bits per heavy atom. The zero-order valence-corrected chi connectivity index (χ0v) is 18.4. The second kappa shape index (κ2) is 8.86.